The second-order valence-corrected chi connectivity index (χ2v) is 7.80. The van der Waals surface area contributed by atoms with Crippen LogP contribution in [-0.4, -0.2) is 22.9 Å². The summed E-state index contributed by atoms with van der Waals surface area (Å²) in [4.78, 5) is 35.8. The molecule has 0 heterocycles. The fraction of sp³-hybridized carbons (Fsp3) is 0.833. The van der Waals surface area contributed by atoms with Crippen molar-refractivity contribution >= 4 is 17.8 Å². The molecule has 24 heavy (non-hydrogen) atoms. The van der Waals surface area contributed by atoms with Crippen molar-refractivity contribution in [2.75, 3.05) is 0 Å². The molecule has 3 N–H and O–H groups in total. The molecule has 2 amide bonds. The molecule has 3 saturated carbocycles. The largest absolute Gasteiger partial charge is 0.481 e. The van der Waals surface area contributed by atoms with E-state index in [-0.39, 0.29) is 23.7 Å². The van der Waals surface area contributed by atoms with E-state index in [0.717, 1.165) is 25.7 Å². The standard InChI is InChI=1S/C18H28N2O4/c21-14(9-6-11-4-2-1-3-5-11)19-20-17(22)15-12-7-8-13(10-12)16(15)18(23)24/h11-13,15-16H,1-10H2,(H,19,21)(H,20,22)(H,23,24)/t12-,13+,15-,16-/m0/s1. The van der Waals surface area contributed by atoms with Gasteiger partial charge in [-0.1, -0.05) is 32.1 Å². The summed E-state index contributed by atoms with van der Waals surface area (Å²) in [5.41, 5.74) is 4.97. The molecule has 6 nitrogen and oxygen atoms in total. The minimum atomic E-state index is -0.883. The number of carbonyl (C=O) groups is 3. The molecule has 0 aromatic rings. The number of carboxylic acid groups (broad SMARTS) is 1. The quantitative estimate of drug-likeness (QED) is 0.671. The number of rotatable bonds is 5. The van der Waals surface area contributed by atoms with Gasteiger partial charge in [-0.05, 0) is 43.4 Å². The Morgan fingerprint density at radius 3 is 2.21 bits per heavy atom. The van der Waals surface area contributed by atoms with Gasteiger partial charge in [-0.25, -0.2) is 0 Å². The van der Waals surface area contributed by atoms with Gasteiger partial charge in [0.25, 0.3) is 0 Å². The van der Waals surface area contributed by atoms with Crippen LogP contribution in [0.2, 0.25) is 0 Å². The smallest absolute Gasteiger partial charge is 0.307 e. The zero-order chi connectivity index (χ0) is 17.1. The minimum Gasteiger partial charge on any atom is -0.481 e. The van der Waals surface area contributed by atoms with Crippen molar-refractivity contribution in [1.82, 2.24) is 10.9 Å². The Balaban J connectivity index is 1.43. The molecular weight excluding hydrogens is 308 g/mol. The number of carbonyl (C=O) groups excluding carboxylic acids is 2. The van der Waals surface area contributed by atoms with Crippen molar-refractivity contribution in [3.05, 3.63) is 0 Å². The van der Waals surface area contributed by atoms with Crippen LogP contribution in [-0.2, 0) is 14.4 Å². The van der Waals surface area contributed by atoms with E-state index in [1.165, 1.54) is 32.1 Å². The van der Waals surface area contributed by atoms with Gasteiger partial charge in [0.2, 0.25) is 11.8 Å². The molecule has 3 aliphatic carbocycles. The van der Waals surface area contributed by atoms with Crippen LogP contribution < -0.4 is 10.9 Å². The summed E-state index contributed by atoms with van der Waals surface area (Å²) in [5, 5.41) is 9.39. The maximum Gasteiger partial charge on any atom is 0.307 e. The van der Waals surface area contributed by atoms with Crippen molar-refractivity contribution in [1.29, 1.82) is 0 Å². The lowest BCUT2D eigenvalue weighted by molar-refractivity contribution is -0.149. The van der Waals surface area contributed by atoms with Crippen LogP contribution in [0.1, 0.15) is 64.2 Å². The van der Waals surface area contributed by atoms with Crippen LogP contribution in [0.3, 0.4) is 0 Å². The van der Waals surface area contributed by atoms with Crippen LogP contribution in [0, 0.1) is 29.6 Å². The van der Waals surface area contributed by atoms with Gasteiger partial charge >= 0.3 is 5.97 Å². The molecule has 3 rings (SSSR count). The third-order valence-corrected chi connectivity index (χ3v) is 6.33. The highest BCUT2D eigenvalue weighted by Crippen LogP contribution is 2.52. The number of hydrazine groups is 1. The van der Waals surface area contributed by atoms with Gasteiger partial charge < -0.3 is 5.11 Å². The van der Waals surface area contributed by atoms with Crippen molar-refractivity contribution in [3.8, 4) is 0 Å². The summed E-state index contributed by atoms with van der Waals surface area (Å²) in [5.74, 6) is -1.60. The second kappa shape index (κ2) is 7.53. The SMILES string of the molecule is O=C(CCC1CCCCC1)NNC(=O)[C@H]1[C@H]2CC[C@H](C2)[C@@H]1C(=O)O. The Morgan fingerprint density at radius 2 is 1.54 bits per heavy atom. The zero-order valence-electron chi connectivity index (χ0n) is 14.1. The Labute approximate surface area is 142 Å². The van der Waals surface area contributed by atoms with Crippen LogP contribution in [0.15, 0.2) is 0 Å². The predicted octanol–water partition coefficient (Wildman–Crippen LogP) is 2.24. The summed E-state index contributed by atoms with van der Waals surface area (Å²) in [6.07, 6.45) is 10.1. The molecule has 134 valence electrons. The summed E-state index contributed by atoms with van der Waals surface area (Å²) in [6, 6.07) is 0. The lowest BCUT2D eigenvalue weighted by Crippen LogP contribution is -2.48. The first-order chi connectivity index (χ1) is 11.6. The Morgan fingerprint density at radius 1 is 0.875 bits per heavy atom. The number of fused-ring (bicyclic) bond motifs is 2. The van der Waals surface area contributed by atoms with Gasteiger partial charge in [0.1, 0.15) is 0 Å². The molecule has 0 aliphatic heterocycles. The highest BCUT2D eigenvalue weighted by Gasteiger charge is 2.54. The van der Waals surface area contributed by atoms with Crippen molar-refractivity contribution < 1.29 is 19.5 Å². The van der Waals surface area contributed by atoms with E-state index >= 15 is 0 Å². The molecule has 0 aromatic heterocycles. The van der Waals surface area contributed by atoms with Gasteiger partial charge in [-0.2, -0.15) is 0 Å². The summed E-state index contributed by atoms with van der Waals surface area (Å²) < 4.78 is 0. The number of nitrogens with one attached hydrogen (secondary N) is 2. The molecule has 0 spiro atoms. The van der Waals surface area contributed by atoms with E-state index in [1.54, 1.807) is 0 Å². The van der Waals surface area contributed by atoms with Crippen molar-refractivity contribution in [2.24, 2.45) is 29.6 Å². The predicted molar refractivity (Wildman–Crippen MR) is 87.5 cm³/mol. The third-order valence-electron chi connectivity index (χ3n) is 6.33. The summed E-state index contributed by atoms with van der Waals surface area (Å²) in [6.45, 7) is 0. The van der Waals surface area contributed by atoms with Crippen LogP contribution >= 0.6 is 0 Å². The third kappa shape index (κ3) is 3.73. The van der Waals surface area contributed by atoms with E-state index in [4.69, 9.17) is 0 Å². The van der Waals surface area contributed by atoms with Crippen LogP contribution in [0.25, 0.3) is 0 Å². The minimum absolute atomic E-state index is 0.116. The number of amides is 2. The van der Waals surface area contributed by atoms with Crippen molar-refractivity contribution in [3.63, 3.8) is 0 Å². The molecule has 0 saturated heterocycles. The Hall–Kier alpha value is -1.59. The van der Waals surface area contributed by atoms with E-state index in [2.05, 4.69) is 10.9 Å². The molecule has 4 atom stereocenters. The lowest BCUT2D eigenvalue weighted by atomic mass is 9.79. The summed E-state index contributed by atoms with van der Waals surface area (Å²) in [7, 11) is 0. The average molecular weight is 336 g/mol. The van der Waals surface area contributed by atoms with Gasteiger partial charge in [-0.3, -0.25) is 25.2 Å². The zero-order valence-corrected chi connectivity index (χ0v) is 14.1. The molecule has 3 fully saturated rings. The van der Waals surface area contributed by atoms with Crippen molar-refractivity contribution in [2.45, 2.75) is 64.2 Å². The first-order valence-electron chi connectivity index (χ1n) is 9.37. The number of aliphatic carboxylic acids is 1. The maximum atomic E-state index is 12.4. The molecule has 6 heteroatoms. The highest BCUT2D eigenvalue weighted by molar-refractivity contribution is 5.88. The molecule has 3 aliphatic rings. The Kier molecular flexibility index (Phi) is 5.41. The molecule has 0 radical (unpaired) electrons. The van der Waals surface area contributed by atoms with Gasteiger partial charge in [0.15, 0.2) is 0 Å². The molecule has 2 bridgehead atoms. The van der Waals surface area contributed by atoms with Gasteiger partial charge in [0.05, 0.1) is 11.8 Å². The lowest BCUT2D eigenvalue weighted by Gasteiger charge is -2.27. The molecule has 0 unspecified atom stereocenters. The van der Waals surface area contributed by atoms with E-state index in [9.17, 15) is 19.5 Å². The molecule has 0 aromatic carbocycles. The number of hydrogen-bond donors (Lipinski definition) is 3. The first-order valence-corrected chi connectivity index (χ1v) is 9.37. The average Bonchev–Trinajstić information content (AvgIpc) is 3.20. The van der Waals surface area contributed by atoms with E-state index in [1.807, 2.05) is 0 Å². The summed E-state index contributed by atoms with van der Waals surface area (Å²) >= 11 is 0. The van der Waals surface area contributed by atoms with Crippen LogP contribution in [0.5, 0.6) is 0 Å². The van der Waals surface area contributed by atoms with Gasteiger partial charge in [-0.15, -0.1) is 0 Å². The highest BCUT2D eigenvalue weighted by atomic mass is 16.4. The number of hydrogen-bond acceptors (Lipinski definition) is 3. The van der Waals surface area contributed by atoms with E-state index < -0.39 is 17.8 Å². The maximum absolute atomic E-state index is 12.4. The Bertz CT molecular complexity index is 501. The normalized spacial score (nSPS) is 32.5. The first kappa shape index (κ1) is 17.2. The monoisotopic (exact) mass is 336 g/mol. The van der Waals surface area contributed by atoms with E-state index in [0.29, 0.717) is 12.3 Å². The molecular formula is C18H28N2O4. The second-order valence-electron chi connectivity index (χ2n) is 7.80. The fourth-order valence-electron chi connectivity index (χ4n) is 5.11. The number of carboxylic acids is 1. The van der Waals surface area contributed by atoms with Crippen LogP contribution in [0.4, 0.5) is 0 Å². The van der Waals surface area contributed by atoms with Gasteiger partial charge in [0, 0.05) is 6.42 Å². The fourth-order valence-corrected chi connectivity index (χ4v) is 5.11. The topological polar surface area (TPSA) is 95.5 Å².